The van der Waals surface area contributed by atoms with Crippen LogP contribution in [-0.4, -0.2) is 13.1 Å². The minimum absolute atomic E-state index is 0.285. The van der Waals surface area contributed by atoms with Gasteiger partial charge in [0.1, 0.15) is 5.75 Å². The quantitative estimate of drug-likeness (QED) is 0.580. The van der Waals surface area contributed by atoms with Crippen LogP contribution in [0.3, 0.4) is 0 Å². The summed E-state index contributed by atoms with van der Waals surface area (Å²) in [6.45, 7) is 1.84. The van der Waals surface area contributed by atoms with E-state index in [1.807, 2.05) is 91.9 Å². The third-order valence-electron chi connectivity index (χ3n) is 4.40. The fourth-order valence-electron chi connectivity index (χ4n) is 2.95. The Bertz CT molecular complexity index is 804. The maximum atomic E-state index is 12.9. The highest BCUT2D eigenvalue weighted by Gasteiger charge is 2.25. The van der Waals surface area contributed by atoms with Crippen LogP contribution in [0.4, 0.5) is 0 Å². The molecule has 0 radical (unpaired) electrons. The van der Waals surface area contributed by atoms with E-state index in [4.69, 9.17) is 9.47 Å². The van der Waals surface area contributed by atoms with Gasteiger partial charge in [-0.2, -0.15) is 0 Å². The van der Waals surface area contributed by atoms with Gasteiger partial charge in [0.2, 0.25) is 0 Å². The number of hydrogen-bond acceptors (Lipinski definition) is 3. The first-order valence-corrected chi connectivity index (χ1v) is 8.64. The highest BCUT2D eigenvalue weighted by molar-refractivity contribution is 5.79. The summed E-state index contributed by atoms with van der Waals surface area (Å²) in [5.74, 6) is -0.0267. The molecule has 0 saturated carbocycles. The fourth-order valence-corrected chi connectivity index (χ4v) is 2.95. The molecule has 26 heavy (non-hydrogen) atoms. The van der Waals surface area contributed by atoms with E-state index in [2.05, 4.69) is 0 Å². The Labute approximate surface area is 154 Å². The molecule has 0 heterocycles. The van der Waals surface area contributed by atoms with Crippen LogP contribution in [0.2, 0.25) is 0 Å². The summed E-state index contributed by atoms with van der Waals surface area (Å²) in [5, 5.41) is 0. The number of benzene rings is 3. The molecule has 132 valence electrons. The van der Waals surface area contributed by atoms with Gasteiger partial charge in [0.15, 0.2) is 6.10 Å². The van der Waals surface area contributed by atoms with Gasteiger partial charge >= 0.3 is 5.97 Å². The van der Waals surface area contributed by atoms with Crippen LogP contribution < -0.4 is 4.74 Å². The molecule has 0 bridgehead atoms. The molecule has 3 rings (SSSR count). The van der Waals surface area contributed by atoms with Crippen molar-refractivity contribution in [3.8, 4) is 5.75 Å². The van der Waals surface area contributed by atoms with Crippen molar-refractivity contribution >= 4 is 5.97 Å². The van der Waals surface area contributed by atoms with Crippen molar-refractivity contribution in [1.82, 2.24) is 0 Å². The van der Waals surface area contributed by atoms with Gasteiger partial charge in [0.05, 0.1) is 13.0 Å². The molecule has 3 nitrogen and oxygen atoms in total. The van der Waals surface area contributed by atoms with Gasteiger partial charge in [-0.3, -0.25) is 4.79 Å². The molecule has 0 spiro atoms. The van der Waals surface area contributed by atoms with E-state index in [0.29, 0.717) is 5.75 Å². The van der Waals surface area contributed by atoms with E-state index < -0.39 is 12.0 Å². The van der Waals surface area contributed by atoms with Gasteiger partial charge in [-0.15, -0.1) is 0 Å². The molecular weight excluding hydrogens is 324 g/mol. The van der Waals surface area contributed by atoms with Gasteiger partial charge in [-0.1, -0.05) is 78.9 Å². The van der Waals surface area contributed by atoms with Crippen molar-refractivity contribution in [2.24, 2.45) is 0 Å². The first-order valence-electron chi connectivity index (χ1n) is 8.64. The summed E-state index contributed by atoms with van der Waals surface area (Å²) in [5.41, 5.74) is 2.71. The first kappa shape index (κ1) is 17.7. The van der Waals surface area contributed by atoms with Crippen LogP contribution in [0, 0.1) is 0 Å². The molecule has 0 unspecified atom stereocenters. The summed E-state index contributed by atoms with van der Waals surface area (Å²) in [7, 11) is 1.60. The lowest BCUT2D eigenvalue weighted by Crippen LogP contribution is -2.18. The van der Waals surface area contributed by atoms with Crippen molar-refractivity contribution in [2.45, 2.75) is 18.9 Å². The van der Waals surface area contributed by atoms with E-state index >= 15 is 0 Å². The number of methoxy groups -OCH3 is 1. The Balaban J connectivity index is 1.88. The number of carbonyl (C=O) groups is 1. The van der Waals surface area contributed by atoms with Crippen molar-refractivity contribution < 1.29 is 14.3 Å². The van der Waals surface area contributed by atoms with E-state index in [-0.39, 0.29) is 5.97 Å². The smallest absolute Gasteiger partial charge is 0.314 e. The Morgan fingerprint density at radius 2 is 1.27 bits per heavy atom. The average Bonchev–Trinajstić information content (AvgIpc) is 2.72. The lowest BCUT2D eigenvalue weighted by atomic mass is 9.98. The minimum atomic E-state index is -0.443. The molecule has 3 aromatic carbocycles. The number of rotatable bonds is 6. The highest BCUT2D eigenvalue weighted by Crippen LogP contribution is 2.31. The van der Waals surface area contributed by atoms with Gasteiger partial charge < -0.3 is 9.47 Å². The molecule has 0 aliphatic carbocycles. The monoisotopic (exact) mass is 346 g/mol. The lowest BCUT2D eigenvalue weighted by Gasteiger charge is -2.22. The van der Waals surface area contributed by atoms with E-state index in [1.165, 1.54) is 0 Å². The minimum Gasteiger partial charge on any atom is -0.496 e. The molecule has 3 heteroatoms. The van der Waals surface area contributed by atoms with Crippen molar-refractivity contribution in [3.05, 3.63) is 102 Å². The van der Waals surface area contributed by atoms with Gasteiger partial charge in [0.25, 0.3) is 0 Å². The van der Waals surface area contributed by atoms with E-state index in [0.717, 1.165) is 16.7 Å². The van der Waals surface area contributed by atoms with Crippen LogP contribution >= 0.6 is 0 Å². The zero-order valence-corrected chi connectivity index (χ0v) is 15.0. The largest absolute Gasteiger partial charge is 0.496 e. The predicted octanol–water partition coefficient (Wildman–Crippen LogP) is 5.13. The summed E-state index contributed by atoms with van der Waals surface area (Å²) in [6.07, 6.45) is -0.443. The van der Waals surface area contributed by atoms with Crippen LogP contribution in [0.1, 0.15) is 35.6 Å². The van der Waals surface area contributed by atoms with Gasteiger partial charge in [-0.05, 0) is 24.1 Å². The Hall–Kier alpha value is -3.07. The maximum absolute atomic E-state index is 12.9. The number of ether oxygens (including phenoxy) is 2. The number of hydrogen-bond donors (Lipinski definition) is 0. The molecule has 1 atom stereocenters. The fraction of sp³-hybridized carbons (Fsp3) is 0.174. The van der Waals surface area contributed by atoms with Crippen LogP contribution in [-0.2, 0) is 9.53 Å². The molecule has 0 aliphatic rings. The summed E-state index contributed by atoms with van der Waals surface area (Å²) >= 11 is 0. The normalized spacial score (nSPS) is 11.8. The molecule has 0 aromatic heterocycles. The standard InChI is InChI=1S/C23H22O3/c1-17(20-15-9-10-16-21(20)25-2)23(24)26-22(18-11-5-3-6-12-18)19-13-7-4-8-14-19/h3-17,22H,1-2H3/t17-/m0/s1. The third kappa shape index (κ3) is 3.94. The summed E-state index contributed by atoms with van der Waals surface area (Å²) in [6, 6.07) is 27.1. The molecule has 0 fully saturated rings. The van der Waals surface area contributed by atoms with Crippen molar-refractivity contribution in [2.75, 3.05) is 7.11 Å². The van der Waals surface area contributed by atoms with Crippen LogP contribution in [0.15, 0.2) is 84.9 Å². The van der Waals surface area contributed by atoms with Gasteiger partial charge in [-0.25, -0.2) is 0 Å². The van der Waals surface area contributed by atoms with E-state index in [1.54, 1.807) is 7.11 Å². The van der Waals surface area contributed by atoms with Crippen LogP contribution in [0.5, 0.6) is 5.75 Å². The van der Waals surface area contributed by atoms with Crippen molar-refractivity contribution in [1.29, 1.82) is 0 Å². The average molecular weight is 346 g/mol. The topological polar surface area (TPSA) is 35.5 Å². The van der Waals surface area contributed by atoms with Crippen LogP contribution in [0.25, 0.3) is 0 Å². The van der Waals surface area contributed by atoms with Gasteiger partial charge in [0, 0.05) is 5.56 Å². The molecule has 0 aliphatic heterocycles. The second-order valence-corrected chi connectivity index (χ2v) is 6.10. The molecule has 0 N–H and O–H groups in total. The molecule has 3 aromatic rings. The Kier molecular flexibility index (Phi) is 5.69. The third-order valence-corrected chi connectivity index (χ3v) is 4.40. The number of para-hydroxylation sites is 1. The number of esters is 1. The van der Waals surface area contributed by atoms with E-state index in [9.17, 15) is 4.79 Å². The second kappa shape index (κ2) is 8.34. The molecular formula is C23H22O3. The Morgan fingerprint density at radius 1 is 0.769 bits per heavy atom. The summed E-state index contributed by atoms with van der Waals surface area (Å²) < 4.78 is 11.3. The Morgan fingerprint density at radius 3 is 1.81 bits per heavy atom. The first-order chi connectivity index (χ1) is 12.7. The zero-order chi connectivity index (χ0) is 18.4. The second-order valence-electron chi connectivity index (χ2n) is 6.10. The SMILES string of the molecule is COc1ccccc1[C@H](C)C(=O)OC(c1ccccc1)c1ccccc1. The summed E-state index contributed by atoms with van der Waals surface area (Å²) in [4.78, 5) is 12.9. The molecule has 0 amide bonds. The maximum Gasteiger partial charge on any atom is 0.314 e. The number of carbonyl (C=O) groups excluding carboxylic acids is 1. The predicted molar refractivity (Wildman–Crippen MR) is 102 cm³/mol. The van der Waals surface area contributed by atoms with Crippen molar-refractivity contribution in [3.63, 3.8) is 0 Å². The lowest BCUT2D eigenvalue weighted by molar-refractivity contribution is -0.149. The highest BCUT2D eigenvalue weighted by atomic mass is 16.5. The molecule has 0 saturated heterocycles. The zero-order valence-electron chi connectivity index (χ0n) is 15.0.